The topological polar surface area (TPSA) is 46.5 Å². The van der Waals surface area contributed by atoms with Crippen LogP contribution in [0.4, 0.5) is 10.1 Å². The third-order valence-corrected chi connectivity index (χ3v) is 2.40. The van der Waals surface area contributed by atoms with Crippen molar-refractivity contribution in [2.24, 2.45) is 4.99 Å². The van der Waals surface area contributed by atoms with Crippen LogP contribution in [0.5, 0.6) is 0 Å². The molecule has 0 saturated carbocycles. The van der Waals surface area contributed by atoms with Crippen LogP contribution in [0.3, 0.4) is 0 Å². The molecule has 15 heavy (non-hydrogen) atoms. The predicted molar refractivity (Wildman–Crippen MR) is 53.3 cm³/mol. The Morgan fingerprint density at radius 3 is 2.87 bits per heavy atom. The Bertz CT molecular complexity index is 492. The number of aldehydes is 1. The quantitative estimate of drug-likeness (QED) is 0.657. The number of hydrogen-bond donors (Lipinski definition) is 0. The Kier molecular flexibility index (Phi) is 2.19. The summed E-state index contributed by atoms with van der Waals surface area (Å²) in [4.78, 5) is 25.8. The van der Waals surface area contributed by atoms with Gasteiger partial charge >= 0.3 is 0 Å². The van der Waals surface area contributed by atoms with Gasteiger partial charge in [0, 0.05) is 12.0 Å². The van der Waals surface area contributed by atoms with Crippen LogP contribution in [0.15, 0.2) is 17.1 Å². The number of fused-ring (bicyclic) bond motifs is 1. The normalized spacial score (nSPS) is 14.5. The number of Topliss-reactive ketones (excluding diaryl/α,β-unsaturated/α-hetero) is 1. The highest BCUT2D eigenvalue weighted by atomic mass is 19.1. The molecule has 0 bridgehead atoms. The second kappa shape index (κ2) is 3.38. The molecular weight excluding hydrogens is 197 g/mol. The van der Waals surface area contributed by atoms with Crippen LogP contribution >= 0.6 is 0 Å². The predicted octanol–water partition coefficient (Wildman–Crippen LogP) is 1.86. The number of halogens is 1. The van der Waals surface area contributed by atoms with Gasteiger partial charge in [-0.1, -0.05) is 0 Å². The van der Waals surface area contributed by atoms with Gasteiger partial charge in [0.2, 0.25) is 0 Å². The fourth-order valence-electron chi connectivity index (χ4n) is 1.52. The van der Waals surface area contributed by atoms with Crippen molar-refractivity contribution in [1.29, 1.82) is 0 Å². The first-order valence-electron chi connectivity index (χ1n) is 4.48. The van der Waals surface area contributed by atoms with Gasteiger partial charge in [0.25, 0.3) is 0 Å². The molecule has 1 aromatic rings. The first kappa shape index (κ1) is 9.71. The maximum absolute atomic E-state index is 13.6. The summed E-state index contributed by atoms with van der Waals surface area (Å²) in [6.07, 6.45) is 0.420. The van der Waals surface area contributed by atoms with E-state index < -0.39 is 5.82 Å². The minimum absolute atomic E-state index is 0.0157. The van der Waals surface area contributed by atoms with E-state index in [1.54, 1.807) is 13.0 Å². The van der Waals surface area contributed by atoms with E-state index >= 15 is 0 Å². The Balaban J connectivity index is 2.65. The van der Waals surface area contributed by atoms with E-state index in [0.717, 1.165) is 0 Å². The molecule has 1 aliphatic heterocycles. The van der Waals surface area contributed by atoms with Gasteiger partial charge in [-0.15, -0.1) is 0 Å². The lowest BCUT2D eigenvalue weighted by Gasteiger charge is -2.13. The van der Waals surface area contributed by atoms with Gasteiger partial charge in [0.1, 0.15) is 5.82 Å². The number of aliphatic imine (C=N–C) groups is 1. The standard InChI is InChI=1S/C11H8FNO2/c1-6-10(15)4-8-9(13-6)3-2-7(5-14)11(8)12/h2-3,5H,4H2,1H3. The van der Waals surface area contributed by atoms with Crippen LogP contribution in [-0.2, 0) is 11.2 Å². The molecular formula is C11H8FNO2. The summed E-state index contributed by atoms with van der Waals surface area (Å²) in [6.45, 7) is 1.59. The Morgan fingerprint density at radius 2 is 2.20 bits per heavy atom. The van der Waals surface area contributed by atoms with Crippen LogP contribution in [0.25, 0.3) is 0 Å². The number of ketones is 1. The van der Waals surface area contributed by atoms with Crippen molar-refractivity contribution in [2.45, 2.75) is 13.3 Å². The van der Waals surface area contributed by atoms with Gasteiger partial charge < -0.3 is 0 Å². The number of rotatable bonds is 1. The summed E-state index contributed by atoms with van der Waals surface area (Å²) in [6, 6.07) is 2.92. The second-order valence-electron chi connectivity index (χ2n) is 3.38. The van der Waals surface area contributed by atoms with E-state index in [0.29, 0.717) is 17.7 Å². The van der Waals surface area contributed by atoms with Gasteiger partial charge in [-0.3, -0.25) is 9.59 Å². The van der Waals surface area contributed by atoms with Crippen molar-refractivity contribution >= 4 is 23.5 Å². The van der Waals surface area contributed by atoms with Gasteiger partial charge in [-0.05, 0) is 19.1 Å². The molecule has 0 aromatic heterocycles. The Morgan fingerprint density at radius 1 is 1.47 bits per heavy atom. The van der Waals surface area contributed by atoms with E-state index in [1.165, 1.54) is 6.07 Å². The lowest BCUT2D eigenvalue weighted by Crippen LogP contribution is -2.18. The first-order chi connectivity index (χ1) is 7.13. The molecule has 0 unspecified atom stereocenters. The maximum atomic E-state index is 13.6. The average molecular weight is 205 g/mol. The highest BCUT2D eigenvalue weighted by molar-refractivity contribution is 6.40. The summed E-state index contributed by atoms with van der Waals surface area (Å²) in [5.74, 6) is -0.837. The highest BCUT2D eigenvalue weighted by Gasteiger charge is 2.21. The largest absolute Gasteiger partial charge is 0.298 e. The molecule has 0 aliphatic carbocycles. The van der Waals surface area contributed by atoms with Gasteiger partial charge in [0.05, 0.1) is 17.0 Å². The number of nitrogens with zero attached hydrogens (tertiary/aromatic N) is 1. The van der Waals surface area contributed by atoms with Crippen LogP contribution in [0, 0.1) is 5.82 Å². The van der Waals surface area contributed by atoms with Gasteiger partial charge in [-0.2, -0.15) is 0 Å². The minimum atomic E-state index is -0.632. The van der Waals surface area contributed by atoms with Crippen molar-refractivity contribution in [2.75, 3.05) is 0 Å². The lowest BCUT2D eigenvalue weighted by molar-refractivity contribution is -0.112. The summed E-state index contributed by atoms with van der Waals surface area (Å²) >= 11 is 0. The SMILES string of the molecule is CC1=Nc2ccc(C=O)c(F)c2CC1=O. The molecule has 0 amide bonds. The monoisotopic (exact) mass is 205 g/mol. The van der Waals surface area contributed by atoms with E-state index in [9.17, 15) is 14.0 Å². The molecule has 0 spiro atoms. The number of carbonyl (C=O) groups is 2. The summed E-state index contributed by atoms with van der Waals surface area (Å²) in [5.41, 5.74) is 1.00. The third-order valence-electron chi connectivity index (χ3n) is 2.40. The van der Waals surface area contributed by atoms with E-state index in [4.69, 9.17) is 0 Å². The average Bonchev–Trinajstić information content (AvgIpc) is 2.22. The maximum Gasteiger partial charge on any atom is 0.181 e. The molecule has 4 heteroatoms. The zero-order valence-corrected chi connectivity index (χ0v) is 8.08. The molecule has 76 valence electrons. The van der Waals surface area contributed by atoms with E-state index in [2.05, 4.69) is 4.99 Å². The molecule has 0 N–H and O–H groups in total. The summed E-state index contributed by atoms with van der Waals surface area (Å²) in [7, 11) is 0. The van der Waals surface area contributed by atoms with Crippen molar-refractivity contribution in [3.63, 3.8) is 0 Å². The summed E-state index contributed by atoms with van der Waals surface area (Å²) in [5, 5.41) is 0. The van der Waals surface area contributed by atoms with Crippen LogP contribution < -0.4 is 0 Å². The number of carbonyl (C=O) groups excluding carboxylic acids is 2. The molecule has 0 atom stereocenters. The molecule has 2 rings (SSSR count). The Hall–Kier alpha value is -1.84. The Labute approximate surface area is 85.6 Å². The molecule has 0 radical (unpaired) electrons. The molecule has 0 fully saturated rings. The molecule has 1 aromatic carbocycles. The van der Waals surface area contributed by atoms with Crippen molar-refractivity contribution in [3.8, 4) is 0 Å². The van der Waals surface area contributed by atoms with Crippen LogP contribution in [0.1, 0.15) is 22.8 Å². The number of benzene rings is 1. The highest BCUT2D eigenvalue weighted by Crippen LogP contribution is 2.28. The molecule has 0 saturated heterocycles. The van der Waals surface area contributed by atoms with Crippen LogP contribution in [0.2, 0.25) is 0 Å². The van der Waals surface area contributed by atoms with E-state index in [1.807, 2.05) is 0 Å². The van der Waals surface area contributed by atoms with Crippen molar-refractivity contribution in [1.82, 2.24) is 0 Å². The zero-order chi connectivity index (χ0) is 11.0. The fourth-order valence-corrected chi connectivity index (χ4v) is 1.52. The molecule has 1 aliphatic rings. The first-order valence-corrected chi connectivity index (χ1v) is 4.48. The smallest absolute Gasteiger partial charge is 0.181 e. The minimum Gasteiger partial charge on any atom is -0.298 e. The zero-order valence-electron chi connectivity index (χ0n) is 8.08. The molecule has 3 nitrogen and oxygen atoms in total. The van der Waals surface area contributed by atoms with Gasteiger partial charge in [-0.25, -0.2) is 9.38 Å². The number of hydrogen-bond acceptors (Lipinski definition) is 3. The van der Waals surface area contributed by atoms with E-state index in [-0.39, 0.29) is 23.3 Å². The van der Waals surface area contributed by atoms with Gasteiger partial charge in [0.15, 0.2) is 12.1 Å². The van der Waals surface area contributed by atoms with Crippen LogP contribution in [-0.4, -0.2) is 17.8 Å². The summed E-state index contributed by atoms with van der Waals surface area (Å²) < 4.78 is 13.6. The molecule has 1 heterocycles. The van der Waals surface area contributed by atoms with Crippen molar-refractivity contribution < 1.29 is 14.0 Å². The third kappa shape index (κ3) is 1.48. The second-order valence-corrected chi connectivity index (χ2v) is 3.38. The van der Waals surface area contributed by atoms with Crippen molar-refractivity contribution in [3.05, 3.63) is 29.1 Å². The lowest BCUT2D eigenvalue weighted by atomic mass is 9.98. The fraction of sp³-hybridized carbons (Fsp3) is 0.182.